The van der Waals surface area contributed by atoms with E-state index >= 15 is 0 Å². The lowest BCUT2D eigenvalue weighted by molar-refractivity contribution is -0.120. The van der Waals surface area contributed by atoms with Gasteiger partial charge in [0.25, 0.3) is 0 Å². The quantitative estimate of drug-likeness (QED) is 0.696. The molecule has 2 N–H and O–H groups in total. The van der Waals surface area contributed by atoms with E-state index in [-0.39, 0.29) is 17.7 Å². The van der Waals surface area contributed by atoms with Crippen molar-refractivity contribution in [3.63, 3.8) is 0 Å². The summed E-state index contributed by atoms with van der Waals surface area (Å²) in [5, 5.41) is 2.94. The van der Waals surface area contributed by atoms with E-state index in [1.165, 1.54) is 24.0 Å². The molecule has 0 spiro atoms. The number of hydrogen-bond acceptors (Lipinski definition) is 3. The van der Waals surface area contributed by atoms with Gasteiger partial charge in [0.2, 0.25) is 15.9 Å². The first-order chi connectivity index (χ1) is 13.8. The van der Waals surface area contributed by atoms with Gasteiger partial charge in [0, 0.05) is 12.6 Å². The number of rotatable bonds is 8. The Bertz CT molecular complexity index is 968. The highest BCUT2D eigenvalue weighted by molar-refractivity contribution is 7.88. The van der Waals surface area contributed by atoms with Gasteiger partial charge in [-0.25, -0.2) is 13.1 Å². The van der Waals surface area contributed by atoms with Gasteiger partial charge in [0.05, 0.1) is 12.2 Å². The largest absolute Gasteiger partial charge is 0.352 e. The van der Waals surface area contributed by atoms with Gasteiger partial charge in [0.15, 0.2) is 0 Å². The summed E-state index contributed by atoms with van der Waals surface area (Å²) >= 11 is 0. The average Bonchev–Trinajstić information content (AvgIpc) is 2.66. The molecule has 1 aliphatic carbocycles. The van der Waals surface area contributed by atoms with Crippen LogP contribution in [0, 0.1) is 0 Å². The molecular formula is C23H30N2O3S. The molecule has 5 nitrogen and oxygen atoms in total. The molecule has 0 atom stereocenters. The molecule has 0 heterocycles. The third-order valence-electron chi connectivity index (χ3n) is 5.13. The monoisotopic (exact) mass is 414 g/mol. The number of carbonyl (C=O) groups excluding carboxylic acids is 1. The van der Waals surface area contributed by atoms with E-state index in [4.69, 9.17) is 0 Å². The maximum Gasteiger partial charge on any atom is 0.224 e. The van der Waals surface area contributed by atoms with E-state index in [1.54, 1.807) is 19.9 Å². The van der Waals surface area contributed by atoms with Gasteiger partial charge >= 0.3 is 0 Å². The highest BCUT2D eigenvalue weighted by Gasteiger charge is 2.16. The standard InChI is InChI=1S/C23H30N2O3S/c1-17(2)25-29(27,28)16-22-10-6-5-9-21(22)15-24-23(26)14-18-11-12-19-7-3-4-8-20(19)13-18/h5-6,9-13,17,25H,3-4,7-8,14-16H2,1-2H3,(H,24,26). The Kier molecular flexibility index (Phi) is 7.09. The fourth-order valence-electron chi connectivity index (χ4n) is 3.81. The Morgan fingerprint density at radius 3 is 2.41 bits per heavy atom. The summed E-state index contributed by atoms with van der Waals surface area (Å²) in [6.07, 6.45) is 5.02. The molecule has 0 radical (unpaired) electrons. The lowest BCUT2D eigenvalue weighted by atomic mass is 9.90. The zero-order valence-corrected chi connectivity index (χ0v) is 18.0. The van der Waals surface area contributed by atoms with Crippen LogP contribution in [0.3, 0.4) is 0 Å². The van der Waals surface area contributed by atoms with E-state index in [0.717, 1.165) is 24.0 Å². The van der Waals surface area contributed by atoms with Gasteiger partial charge in [-0.15, -0.1) is 0 Å². The van der Waals surface area contributed by atoms with E-state index in [0.29, 0.717) is 18.5 Å². The van der Waals surface area contributed by atoms with Crippen LogP contribution in [0.25, 0.3) is 0 Å². The molecule has 0 bridgehead atoms. The SMILES string of the molecule is CC(C)NS(=O)(=O)Cc1ccccc1CNC(=O)Cc1ccc2c(c1)CCCC2. The van der Waals surface area contributed by atoms with Crippen molar-refractivity contribution in [3.05, 3.63) is 70.3 Å². The Morgan fingerprint density at radius 2 is 1.69 bits per heavy atom. The second-order valence-corrected chi connectivity index (χ2v) is 9.82. The lowest BCUT2D eigenvalue weighted by Gasteiger charge is -2.16. The first-order valence-electron chi connectivity index (χ1n) is 10.3. The zero-order chi connectivity index (χ0) is 20.9. The first kappa shape index (κ1) is 21.5. The van der Waals surface area contributed by atoms with Gasteiger partial charge in [0.1, 0.15) is 0 Å². The highest BCUT2D eigenvalue weighted by atomic mass is 32.2. The van der Waals surface area contributed by atoms with Gasteiger partial charge < -0.3 is 5.32 Å². The predicted octanol–water partition coefficient (Wildman–Crippen LogP) is 3.25. The number of benzene rings is 2. The van der Waals surface area contributed by atoms with Gasteiger partial charge in [-0.2, -0.15) is 0 Å². The normalized spacial score (nSPS) is 13.9. The number of hydrogen-bond donors (Lipinski definition) is 2. The van der Waals surface area contributed by atoms with Crippen LogP contribution >= 0.6 is 0 Å². The lowest BCUT2D eigenvalue weighted by Crippen LogP contribution is -2.32. The molecule has 2 aromatic carbocycles. The number of sulfonamides is 1. The molecule has 1 aliphatic rings. The van der Waals surface area contributed by atoms with Gasteiger partial charge in [-0.3, -0.25) is 4.79 Å². The minimum Gasteiger partial charge on any atom is -0.352 e. The van der Waals surface area contributed by atoms with Gasteiger partial charge in [-0.05, 0) is 67.3 Å². The molecule has 0 unspecified atom stereocenters. The number of fused-ring (bicyclic) bond motifs is 1. The highest BCUT2D eigenvalue weighted by Crippen LogP contribution is 2.22. The number of carbonyl (C=O) groups is 1. The molecule has 3 rings (SSSR count). The van der Waals surface area contributed by atoms with Crippen LogP contribution < -0.4 is 10.0 Å². The summed E-state index contributed by atoms with van der Waals surface area (Å²) in [4.78, 5) is 12.5. The fourth-order valence-corrected chi connectivity index (χ4v) is 5.31. The van der Waals surface area contributed by atoms with Crippen molar-refractivity contribution in [1.82, 2.24) is 10.0 Å². The van der Waals surface area contributed by atoms with Crippen molar-refractivity contribution >= 4 is 15.9 Å². The zero-order valence-electron chi connectivity index (χ0n) is 17.2. The molecule has 0 aromatic heterocycles. The van der Waals surface area contributed by atoms with E-state index < -0.39 is 10.0 Å². The Balaban J connectivity index is 1.60. The van der Waals surface area contributed by atoms with Crippen molar-refractivity contribution in [2.24, 2.45) is 0 Å². The molecule has 6 heteroatoms. The molecule has 0 fully saturated rings. The second-order valence-electron chi connectivity index (χ2n) is 8.06. The van der Waals surface area contributed by atoms with Crippen molar-refractivity contribution in [2.75, 3.05) is 0 Å². The summed E-state index contributed by atoms with van der Waals surface area (Å²) in [6, 6.07) is 13.5. The Morgan fingerprint density at radius 1 is 1.00 bits per heavy atom. The van der Waals surface area contributed by atoms with Crippen LogP contribution in [0.4, 0.5) is 0 Å². The van der Waals surface area contributed by atoms with Crippen LogP contribution in [0.5, 0.6) is 0 Å². The molecule has 1 amide bonds. The van der Waals surface area contributed by atoms with Crippen molar-refractivity contribution in [1.29, 1.82) is 0 Å². The summed E-state index contributed by atoms with van der Waals surface area (Å²) < 4.78 is 27.1. The minimum atomic E-state index is -3.42. The molecular weight excluding hydrogens is 384 g/mol. The van der Waals surface area contributed by atoms with E-state index in [9.17, 15) is 13.2 Å². The number of aryl methyl sites for hydroxylation is 2. The van der Waals surface area contributed by atoms with Crippen molar-refractivity contribution in [2.45, 2.75) is 64.3 Å². The van der Waals surface area contributed by atoms with Crippen molar-refractivity contribution in [3.8, 4) is 0 Å². The van der Waals surface area contributed by atoms with E-state index in [2.05, 4.69) is 22.2 Å². The maximum atomic E-state index is 12.5. The van der Waals surface area contributed by atoms with Crippen LogP contribution in [0.2, 0.25) is 0 Å². The van der Waals surface area contributed by atoms with Gasteiger partial charge in [-0.1, -0.05) is 42.5 Å². The minimum absolute atomic E-state index is 0.0567. The average molecular weight is 415 g/mol. The summed E-state index contributed by atoms with van der Waals surface area (Å²) in [7, 11) is -3.42. The molecule has 2 aromatic rings. The third kappa shape index (κ3) is 6.41. The second kappa shape index (κ2) is 9.55. The summed E-state index contributed by atoms with van der Waals surface area (Å²) in [5.74, 6) is -0.152. The topological polar surface area (TPSA) is 75.3 Å². The molecule has 0 aliphatic heterocycles. The smallest absolute Gasteiger partial charge is 0.224 e. The molecule has 0 saturated carbocycles. The maximum absolute atomic E-state index is 12.5. The fraction of sp³-hybridized carbons (Fsp3) is 0.435. The van der Waals surface area contributed by atoms with Crippen molar-refractivity contribution < 1.29 is 13.2 Å². The predicted molar refractivity (Wildman–Crippen MR) is 116 cm³/mol. The Labute approximate surface area is 174 Å². The molecule has 156 valence electrons. The Hall–Kier alpha value is -2.18. The number of amides is 1. The van der Waals surface area contributed by atoms with Crippen LogP contribution in [0.15, 0.2) is 42.5 Å². The van der Waals surface area contributed by atoms with Crippen LogP contribution in [0.1, 0.15) is 54.5 Å². The first-order valence-corrected chi connectivity index (χ1v) is 11.9. The summed E-state index contributed by atoms with van der Waals surface area (Å²) in [6.45, 7) is 3.91. The van der Waals surface area contributed by atoms with E-state index in [1.807, 2.05) is 24.3 Å². The van der Waals surface area contributed by atoms with Crippen LogP contribution in [-0.2, 0) is 46.4 Å². The molecule has 0 saturated heterocycles. The summed E-state index contributed by atoms with van der Waals surface area (Å²) in [5.41, 5.74) is 5.33. The third-order valence-corrected chi connectivity index (χ3v) is 6.65. The molecule has 29 heavy (non-hydrogen) atoms. The number of nitrogens with one attached hydrogen (secondary N) is 2. The van der Waals surface area contributed by atoms with Crippen LogP contribution in [-0.4, -0.2) is 20.4 Å².